The van der Waals surface area contributed by atoms with E-state index in [-0.39, 0.29) is 11.8 Å². The molecule has 0 saturated carbocycles. The molecule has 1 atom stereocenters. The molecular formula is C15H15N3O7. The van der Waals surface area contributed by atoms with Crippen molar-refractivity contribution in [2.75, 3.05) is 0 Å². The molecule has 1 aromatic heterocycles. The molecule has 1 heterocycles. The molecular weight excluding hydrogens is 334 g/mol. The molecule has 0 aliphatic rings. The summed E-state index contributed by atoms with van der Waals surface area (Å²) < 4.78 is 0.647. The average Bonchev–Trinajstić information content (AvgIpc) is 2.55. The van der Waals surface area contributed by atoms with Gasteiger partial charge in [-0.05, 0) is 18.6 Å². The molecule has 0 saturated heterocycles. The van der Waals surface area contributed by atoms with Crippen LogP contribution in [0.2, 0.25) is 0 Å². The highest BCUT2D eigenvalue weighted by Crippen LogP contribution is 2.03. The van der Waals surface area contributed by atoms with Gasteiger partial charge < -0.3 is 20.5 Å². The maximum atomic E-state index is 12.3. The fourth-order valence-electron chi connectivity index (χ4n) is 2.25. The molecule has 25 heavy (non-hydrogen) atoms. The third-order valence-electron chi connectivity index (χ3n) is 3.47. The predicted molar refractivity (Wildman–Crippen MR) is 85.3 cm³/mol. The maximum absolute atomic E-state index is 12.3. The summed E-state index contributed by atoms with van der Waals surface area (Å²) in [5.74, 6) is -3.50. The summed E-state index contributed by atoms with van der Waals surface area (Å²) in [6.07, 6.45) is -0.771. The maximum Gasteiger partial charge on any atom is 0.329 e. The van der Waals surface area contributed by atoms with Crippen LogP contribution in [0.25, 0.3) is 10.9 Å². The monoisotopic (exact) mass is 349 g/mol. The van der Waals surface area contributed by atoms with Gasteiger partial charge in [0.1, 0.15) is 12.6 Å². The van der Waals surface area contributed by atoms with Crippen molar-refractivity contribution >= 4 is 28.7 Å². The molecule has 0 aliphatic heterocycles. The minimum atomic E-state index is -1.43. The van der Waals surface area contributed by atoms with Crippen LogP contribution in [0.1, 0.15) is 12.8 Å². The van der Waals surface area contributed by atoms with Gasteiger partial charge in [0.2, 0.25) is 5.91 Å². The second kappa shape index (κ2) is 7.43. The van der Waals surface area contributed by atoms with Crippen molar-refractivity contribution in [3.05, 3.63) is 45.1 Å². The summed E-state index contributed by atoms with van der Waals surface area (Å²) in [5, 5.41) is 19.9. The molecule has 0 aliphatic carbocycles. The molecule has 0 radical (unpaired) electrons. The van der Waals surface area contributed by atoms with Gasteiger partial charge in [-0.15, -0.1) is 0 Å². The van der Waals surface area contributed by atoms with E-state index < -0.39 is 48.1 Å². The minimum Gasteiger partial charge on any atom is -0.481 e. The van der Waals surface area contributed by atoms with E-state index in [1.165, 1.54) is 12.1 Å². The van der Waals surface area contributed by atoms with Crippen LogP contribution in [-0.2, 0) is 20.9 Å². The number of carboxylic acid groups (broad SMARTS) is 2. The van der Waals surface area contributed by atoms with Gasteiger partial charge >= 0.3 is 17.6 Å². The Morgan fingerprint density at radius 2 is 1.84 bits per heavy atom. The molecule has 10 nitrogen and oxygen atoms in total. The highest BCUT2D eigenvalue weighted by Gasteiger charge is 2.21. The number of aromatic amines is 1. The first kappa shape index (κ1) is 17.9. The van der Waals surface area contributed by atoms with Crippen molar-refractivity contribution in [3.63, 3.8) is 0 Å². The van der Waals surface area contributed by atoms with Crippen LogP contribution in [-0.4, -0.2) is 43.7 Å². The Hall–Kier alpha value is -3.43. The lowest BCUT2D eigenvalue weighted by atomic mass is 10.1. The van der Waals surface area contributed by atoms with E-state index >= 15 is 0 Å². The van der Waals surface area contributed by atoms with Crippen molar-refractivity contribution < 1.29 is 24.6 Å². The number of benzene rings is 1. The van der Waals surface area contributed by atoms with Crippen LogP contribution in [0.4, 0.5) is 0 Å². The third kappa shape index (κ3) is 4.31. The van der Waals surface area contributed by atoms with Crippen molar-refractivity contribution in [1.29, 1.82) is 0 Å². The minimum absolute atomic E-state index is 0.204. The molecule has 1 unspecified atom stereocenters. The van der Waals surface area contributed by atoms with E-state index in [2.05, 4.69) is 10.3 Å². The molecule has 132 valence electrons. The summed E-state index contributed by atoms with van der Waals surface area (Å²) in [7, 11) is 0. The van der Waals surface area contributed by atoms with Gasteiger partial charge in [0, 0.05) is 6.42 Å². The summed E-state index contributed by atoms with van der Waals surface area (Å²) in [6, 6.07) is 4.82. The SMILES string of the molecule is O=C(O)CCC(NC(=O)Cn1c(=O)[nH]c2ccccc2c1=O)C(=O)O. The van der Waals surface area contributed by atoms with Gasteiger partial charge in [-0.2, -0.15) is 0 Å². The van der Waals surface area contributed by atoms with Gasteiger partial charge in [0.05, 0.1) is 10.9 Å². The Morgan fingerprint density at radius 3 is 2.48 bits per heavy atom. The average molecular weight is 349 g/mol. The molecule has 4 N–H and O–H groups in total. The lowest BCUT2D eigenvalue weighted by Crippen LogP contribution is -2.46. The Kier molecular flexibility index (Phi) is 5.32. The van der Waals surface area contributed by atoms with E-state index in [0.717, 1.165) is 0 Å². The highest BCUT2D eigenvalue weighted by molar-refractivity contribution is 5.84. The second-order valence-corrected chi connectivity index (χ2v) is 5.26. The highest BCUT2D eigenvalue weighted by atomic mass is 16.4. The van der Waals surface area contributed by atoms with Gasteiger partial charge in [0.15, 0.2) is 0 Å². The molecule has 10 heteroatoms. The summed E-state index contributed by atoms with van der Waals surface area (Å²) >= 11 is 0. The summed E-state index contributed by atoms with van der Waals surface area (Å²) in [6.45, 7) is -0.685. The number of nitrogens with one attached hydrogen (secondary N) is 2. The number of rotatable bonds is 7. The number of para-hydroxylation sites is 1. The number of hydrogen-bond donors (Lipinski definition) is 4. The molecule has 0 bridgehead atoms. The third-order valence-corrected chi connectivity index (χ3v) is 3.47. The fourth-order valence-corrected chi connectivity index (χ4v) is 2.25. The zero-order valence-corrected chi connectivity index (χ0v) is 12.9. The van der Waals surface area contributed by atoms with Crippen LogP contribution in [0, 0.1) is 0 Å². The second-order valence-electron chi connectivity index (χ2n) is 5.26. The number of carbonyl (C=O) groups excluding carboxylic acids is 1. The van der Waals surface area contributed by atoms with Crippen LogP contribution in [0.5, 0.6) is 0 Å². The first-order valence-corrected chi connectivity index (χ1v) is 7.25. The van der Waals surface area contributed by atoms with Crippen molar-refractivity contribution in [3.8, 4) is 0 Å². The molecule has 2 aromatic rings. The largest absolute Gasteiger partial charge is 0.481 e. The number of carbonyl (C=O) groups is 3. The smallest absolute Gasteiger partial charge is 0.329 e. The predicted octanol–water partition coefficient (Wildman–Crippen LogP) is -0.876. The quantitative estimate of drug-likeness (QED) is 0.505. The van der Waals surface area contributed by atoms with E-state index in [1.54, 1.807) is 12.1 Å². The number of aliphatic carboxylic acids is 2. The Bertz CT molecular complexity index is 944. The molecule has 0 spiro atoms. The fraction of sp³-hybridized carbons (Fsp3) is 0.267. The number of nitrogens with zero attached hydrogens (tertiary/aromatic N) is 1. The van der Waals surface area contributed by atoms with E-state index in [4.69, 9.17) is 10.2 Å². The molecule has 1 amide bonds. The van der Waals surface area contributed by atoms with Crippen molar-refractivity contribution in [2.24, 2.45) is 0 Å². The number of hydrogen-bond acceptors (Lipinski definition) is 5. The number of aromatic nitrogens is 2. The van der Waals surface area contributed by atoms with Crippen LogP contribution >= 0.6 is 0 Å². The molecule has 0 fully saturated rings. The topological polar surface area (TPSA) is 159 Å². The number of carboxylic acids is 2. The summed E-state index contributed by atoms with van der Waals surface area (Å²) in [5.41, 5.74) is -1.18. The van der Waals surface area contributed by atoms with E-state index in [9.17, 15) is 24.0 Å². The first-order valence-electron chi connectivity index (χ1n) is 7.25. The first-order chi connectivity index (χ1) is 11.8. The normalized spacial score (nSPS) is 11.8. The lowest BCUT2D eigenvalue weighted by molar-refractivity contribution is -0.143. The van der Waals surface area contributed by atoms with Crippen molar-refractivity contribution in [2.45, 2.75) is 25.4 Å². The van der Waals surface area contributed by atoms with Crippen LogP contribution in [0.15, 0.2) is 33.9 Å². The van der Waals surface area contributed by atoms with Gasteiger partial charge in [-0.1, -0.05) is 12.1 Å². The number of fused-ring (bicyclic) bond motifs is 1. The Labute approximate surface area is 139 Å². The van der Waals surface area contributed by atoms with Gasteiger partial charge in [-0.25, -0.2) is 9.59 Å². The molecule has 1 aromatic carbocycles. The lowest BCUT2D eigenvalue weighted by Gasteiger charge is -2.14. The number of H-pyrrole nitrogens is 1. The number of amides is 1. The Balaban J connectivity index is 2.21. The Morgan fingerprint density at radius 1 is 1.16 bits per heavy atom. The van der Waals surface area contributed by atoms with Crippen LogP contribution in [0.3, 0.4) is 0 Å². The standard InChI is InChI=1S/C15H15N3O7/c19-11(16-10(14(23)24)5-6-12(20)21)7-18-13(22)8-3-1-2-4-9(8)17-15(18)25/h1-4,10H,5-7H2,(H,16,19)(H,17,25)(H,20,21)(H,23,24). The van der Waals surface area contributed by atoms with E-state index in [0.29, 0.717) is 10.1 Å². The summed E-state index contributed by atoms with van der Waals surface area (Å²) in [4.78, 5) is 60.3. The zero-order chi connectivity index (χ0) is 18.6. The van der Waals surface area contributed by atoms with Gasteiger partial charge in [0.25, 0.3) is 5.56 Å². The van der Waals surface area contributed by atoms with Gasteiger partial charge in [-0.3, -0.25) is 19.0 Å². The zero-order valence-electron chi connectivity index (χ0n) is 12.9. The van der Waals surface area contributed by atoms with Crippen LogP contribution < -0.4 is 16.6 Å². The molecule has 2 rings (SSSR count). The van der Waals surface area contributed by atoms with Crippen molar-refractivity contribution in [1.82, 2.24) is 14.9 Å². The van der Waals surface area contributed by atoms with E-state index in [1.807, 2.05) is 0 Å².